The van der Waals surface area contributed by atoms with Gasteiger partial charge in [-0.1, -0.05) is 48.5 Å². The monoisotopic (exact) mass is 519 g/mol. The Morgan fingerprint density at radius 2 is 1.57 bits per heavy atom. The van der Waals surface area contributed by atoms with E-state index in [2.05, 4.69) is 24.0 Å². The first kappa shape index (κ1) is 25.3. The highest BCUT2D eigenvalue weighted by molar-refractivity contribution is 7.89. The summed E-state index contributed by atoms with van der Waals surface area (Å²) in [4.78, 5) is 18.4. The van der Waals surface area contributed by atoms with E-state index in [0.29, 0.717) is 18.8 Å². The van der Waals surface area contributed by atoms with E-state index >= 15 is 0 Å². The van der Waals surface area contributed by atoms with Gasteiger partial charge in [-0.3, -0.25) is 4.79 Å². The summed E-state index contributed by atoms with van der Waals surface area (Å²) in [7, 11) is -2.11. The molecule has 194 valence electrons. The van der Waals surface area contributed by atoms with Crippen LogP contribution in [0.3, 0.4) is 0 Å². The van der Waals surface area contributed by atoms with Crippen LogP contribution < -0.4 is 9.64 Å². The Morgan fingerprint density at radius 1 is 0.865 bits per heavy atom. The minimum absolute atomic E-state index is 0.0167. The van der Waals surface area contributed by atoms with Crippen LogP contribution in [-0.2, 0) is 14.8 Å². The van der Waals surface area contributed by atoms with Gasteiger partial charge in [-0.15, -0.1) is 0 Å². The number of ether oxygens (including phenoxy) is 1. The van der Waals surface area contributed by atoms with Gasteiger partial charge in [-0.25, -0.2) is 8.42 Å². The minimum atomic E-state index is -3.72. The number of sulfonamides is 1. The third-order valence-electron chi connectivity index (χ3n) is 7.55. The van der Waals surface area contributed by atoms with Gasteiger partial charge in [-0.05, 0) is 48.4 Å². The van der Waals surface area contributed by atoms with Crippen LogP contribution in [0.15, 0.2) is 83.8 Å². The molecule has 8 heteroatoms. The highest BCUT2D eigenvalue weighted by Gasteiger charge is 2.45. The number of piperazine rings is 1. The van der Waals surface area contributed by atoms with Gasteiger partial charge in [0.1, 0.15) is 5.75 Å². The molecule has 0 aliphatic carbocycles. The lowest BCUT2D eigenvalue weighted by atomic mass is 9.87. The minimum Gasteiger partial charge on any atom is -0.497 e. The van der Waals surface area contributed by atoms with E-state index in [1.54, 1.807) is 37.4 Å². The summed E-state index contributed by atoms with van der Waals surface area (Å²) < 4.78 is 33.9. The molecule has 0 radical (unpaired) electrons. The second kappa shape index (κ2) is 10.6. The van der Waals surface area contributed by atoms with Gasteiger partial charge in [0.2, 0.25) is 15.9 Å². The zero-order valence-electron chi connectivity index (χ0n) is 21.3. The largest absolute Gasteiger partial charge is 0.497 e. The molecule has 3 aromatic rings. The number of carbonyl (C=O) groups is 1. The molecule has 7 nitrogen and oxygen atoms in total. The number of methoxy groups -OCH3 is 1. The van der Waals surface area contributed by atoms with Crippen LogP contribution in [0, 0.1) is 12.8 Å². The van der Waals surface area contributed by atoms with E-state index in [4.69, 9.17) is 4.74 Å². The van der Waals surface area contributed by atoms with Crippen molar-refractivity contribution in [2.45, 2.75) is 17.7 Å². The predicted octanol–water partition coefficient (Wildman–Crippen LogP) is 3.76. The molecule has 0 spiro atoms. The summed E-state index contributed by atoms with van der Waals surface area (Å²) in [5, 5.41) is 0. The first-order chi connectivity index (χ1) is 17.9. The maximum atomic E-state index is 13.9. The number of nitrogens with zero attached hydrogens (tertiary/aromatic N) is 3. The van der Waals surface area contributed by atoms with Crippen molar-refractivity contribution in [2.24, 2.45) is 5.92 Å². The Labute approximate surface area is 219 Å². The van der Waals surface area contributed by atoms with Gasteiger partial charge < -0.3 is 14.5 Å². The molecule has 2 heterocycles. The molecular formula is C29H33N3O4S. The van der Waals surface area contributed by atoms with Crippen LogP contribution in [0.1, 0.15) is 17.0 Å². The molecule has 2 aliphatic rings. The average molecular weight is 520 g/mol. The van der Waals surface area contributed by atoms with Crippen molar-refractivity contribution < 1.29 is 17.9 Å². The van der Waals surface area contributed by atoms with E-state index in [9.17, 15) is 13.2 Å². The number of hydrogen-bond donors (Lipinski definition) is 0. The van der Waals surface area contributed by atoms with Crippen molar-refractivity contribution in [2.75, 3.05) is 51.3 Å². The fourth-order valence-corrected chi connectivity index (χ4v) is 7.00. The number of anilines is 1. The molecular weight excluding hydrogens is 486 g/mol. The van der Waals surface area contributed by atoms with Crippen LogP contribution >= 0.6 is 0 Å². The first-order valence-electron chi connectivity index (χ1n) is 12.7. The standard InChI is InChI=1S/C29H33N3O4S/c1-22-9-6-7-14-28(22)30-15-17-31(18-16-30)29(33)27-21-32(37(34,35)25-12-4-3-5-13-25)20-26(27)23-10-8-11-24(19-23)36-2/h3-14,19,26-27H,15-18,20-21H2,1-2H3. The van der Waals surface area contributed by atoms with Crippen molar-refractivity contribution in [1.82, 2.24) is 9.21 Å². The lowest BCUT2D eigenvalue weighted by Gasteiger charge is -2.38. The van der Waals surface area contributed by atoms with E-state index in [0.717, 1.165) is 18.7 Å². The van der Waals surface area contributed by atoms with Crippen molar-refractivity contribution >= 4 is 21.6 Å². The molecule has 0 bridgehead atoms. The molecule has 5 rings (SSSR count). The Morgan fingerprint density at radius 3 is 2.27 bits per heavy atom. The number of hydrogen-bond acceptors (Lipinski definition) is 5. The Hall–Kier alpha value is -3.36. The second-order valence-corrected chi connectivity index (χ2v) is 11.7. The summed E-state index contributed by atoms with van der Waals surface area (Å²) in [6.07, 6.45) is 0. The van der Waals surface area contributed by atoms with Crippen LogP contribution in [0.25, 0.3) is 0 Å². The molecule has 37 heavy (non-hydrogen) atoms. The maximum absolute atomic E-state index is 13.9. The number of benzene rings is 3. The van der Waals surface area contributed by atoms with E-state index < -0.39 is 15.9 Å². The quantitative estimate of drug-likeness (QED) is 0.496. The molecule has 2 fully saturated rings. The van der Waals surface area contributed by atoms with Gasteiger partial charge in [0.15, 0.2) is 0 Å². The zero-order chi connectivity index (χ0) is 26.0. The normalized spacial score (nSPS) is 20.7. The summed E-state index contributed by atoms with van der Waals surface area (Å²) in [5.41, 5.74) is 3.34. The second-order valence-electron chi connectivity index (χ2n) is 9.72. The highest BCUT2D eigenvalue weighted by atomic mass is 32.2. The van der Waals surface area contributed by atoms with Gasteiger partial charge >= 0.3 is 0 Å². The lowest BCUT2D eigenvalue weighted by Crippen LogP contribution is -2.51. The van der Waals surface area contributed by atoms with Crippen molar-refractivity contribution in [1.29, 1.82) is 0 Å². The van der Waals surface area contributed by atoms with Crippen LogP contribution in [0.4, 0.5) is 5.69 Å². The van der Waals surface area contributed by atoms with Gasteiger partial charge in [0.25, 0.3) is 0 Å². The molecule has 2 saturated heterocycles. The molecule has 1 amide bonds. The van der Waals surface area contributed by atoms with Gasteiger partial charge in [-0.2, -0.15) is 4.31 Å². The smallest absolute Gasteiger partial charge is 0.243 e. The average Bonchev–Trinajstić information content (AvgIpc) is 3.40. The first-order valence-corrected chi connectivity index (χ1v) is 14.1. The summed E-state index contributed by atoms with van der Waals surface area (Å²) in [5.74, 6) is -0.00554. The lowest BCUT2D eigenvalue weighted by molar-refractivity contribution is -0.135. The summed E-state index contributed by atoms with van der Waals surface area (Å²) >= 11 is 0. The highest BCUT2D eigenvalue weighted by Crippen LogP contribution is 2.38. The van der Waals surface area contributed by atoms with Crippen LogP contribution in [-0.4, -0.2) is 69.9 Å². The number of carbonyl (C=O) groups excluding carboxylic acids is 1. The molecule has 3 aromatic carbocycles. The van der Waals surface area contributed by atoms with E-state index in [1.165, 1.54) is 15.6 Å². The Bertz CT molecular complexity index is 1350. The van der Waals surface area contributed by atoms with Crippen LogP contribution in [0.2, 0.25) is 0 Å². The van der Waals surface area contributed by atoms with E-state index in [1.807, 2.05) is 41.3 Å². The molecule has 2 atom stereocenters. The molecule has 0 aromatic heterocycles. The number of amides is 1. The third-order valence-corrected chi connectivity index (χ3v) is 9.40. The van der Waals surface area contributed by atoms with Crippen LogP contribution in [0.5, 0.6) is 5.75 Å². The number of para-hydroxylation sites is 1. The Kier molecular flexibility index (Phi) is 7.22. The Balaban J connectivity index is 1.39. The number of aryl methyl sites for hydroxylation is 1. The third kappa shape index (κ3) is 5.08. The van der Waals surface area contributed by atoms with Crippen molar-refractivity contribution in [3.05, 3.63) is 90.0 Å². The summed E-state index contributed by atoms with van der Waals surface area (Å²) in [6, 6.07) is 24.4. The molecule has 2 unspecified atom stereocenters. The maximum Gasteiger partial charge on any atom is 0.243 e. The number of rotatable bonds is 6. The fraction of sp³-hybridized carbons (Fsp3) is 0.345. The SMILES string of the molecule is COc1cccc(C2CN(S(=O)(=O)c3ccccc3)CC2C(=O)N2CCN(c3ccccc3C)CC2)c1. The zero-order valence-corrected chi connectivity index (χ0v) is 22.1. The van der Waals surface area contributed by atoms with Crippen molar-refractivity contribution in [3.8, 4) is 5.75 Å². The van der Waals surface area contributed by atoms with Gasteiger partial charge in [0, 0.05) is 50.9 Å². The predicted molar refractivity (Wildman–Crippen MR) is 144 cm³/mol. The fourth-order valence-electron chi connectivity index (χ4n) is 5.49. The molecule has 0 N–H and O–H groups in total. The van der Waals surface area contributed by atoms with Gasteiger partial charge in [0.05, 0.1) is 17.9 Å². The van der Waals surface area contributed by atoms with E-state index in [-0.39, 0.29) is 29.8 Å². The molecule has 0 saturated carbocycles. The van der Waals surface area contributed by atoms with Crippen molar-refractivity contribution in [3.63, 3.8) is 0 Å². The topological polar surface area (TPSA) is 70.2 Å². The molecule has 2 aliphatic heterocycles. The summed E-state index contributed by atoms with van der Waals surface area (Å²) in [6.45, 7) is 5.24.